The Hall–Kier alpha value is -1.00. The SMILES string of the molecule is Clc1cccc(NCCCn2ccnc2)c1Br. The lowest BCUT2D eigenvalue weighted by molar-refractivity contribution is 0.660. The molecule has 1 heterocycles. The van der Waals surface area contributed by atoms with Gasteiger partial charge in [-0.05, 0) is 34.5 Å². The van der Waals surface area contributed by atoms with Crippen LogP contribution in [-0.2, 0) is 6.54 Å². The van der Waals surface area contributed by atoms with Gasteiger partial charge in [0.15, 0.2) is 0 Å². The third-order valence-electron chi connectivity index (χ3n) is 2.42. The highest BCUT2D eigenvalue weighted by Crippen LogP contribution is 2.29. The molecule has 0 saturated carbocycles. The van der Waals surface area contributed by atoms with Crippen LogP contribution in [0, 0.1) is 0 Å². The zero-order valence-electron chi connectivity index (χ0n) is 9.24. The van der Waals surface area contributed by atoms with Gasteiger partial charge in [0.2, 0.25) is 0 Å². The largest absolute Gasteiger partial charge is 0.384 e. The number of hydrogen-bond donors (Lipinski definition) is 1. The lowest BCUT2D eigenvalue weighted by Crippen LogP contribution is -2.06. The molecule has 1 N–H and O–H groups in total. The molecule has 0 unspecified atom stereocenters. The van der Waals surface area contributed by atoms with E-state index in [1.165, 1.54) is 0 Å². The summed E-state index contributed by atoms with van der Waals surface area (Å²) in [6, 6.07) is 5.81. The van der Waals surface area contributed by atoms with E-state index in [0.717, 1.165) is 34.7 Å². The van der Waals surface area contributed by atoms with Gasteiger partial charge in [0.05, 0.1) is 15.8 Å². The van der Waals surface area contributed by atoms with E-state index in [0.29, 0.717) is 0 Å². The average molecular weight is 315 g/mol. The molecule has 1 aromatic heterocycles. The third-order valence-corrected chi connectivity index (χ3v) is 3.82. The number of nitrogens with one attached hydrogen (secondary N) is 1. The van der Waals surface area contributed by atoms with E-state index in [2.05, 4.69) is 30.8 Å². The summed E-state index contributed by atoms with van der Waals surface area (Å²) in [5.41, 5.74) is 1.03. The molecule has 0 radical (unpaired) electrons. The standard InChI is InChI=1S/C12H13BrClN3/c13-12-10(14)3-1-4-11(12)16-5-2-7-17-8-6-15-9-17/h1,3-4,6,8-9,16H,2,5,7H2. The van der Waals surface area contributed by atoms with Crippen LogP contribution in [0.3, 0.4) is 0 Å². The number of rotatable bonds is 5. The van der Waals surface area contributed by atoms with E-state index in [9.17, 15) is 0 Å². The number of hydrogen-bond acceptors (Lipinski definition) is 2. The van der Waals surface area contributed by atoms with Crippen LogP contribution in [0.1, 0.15) is 6.42 Å². The van der Waals surface area contributed by atoms with Crippen molar-refractivity contribution in [3.05, 3.63) is 46.4 Å². The van der Waals surface area contributed by atoms with Crippen LogP contribution < -0.4 is 5.32 Å². The Balaban J connectivity index is 1.80. The minimum atomic E-state index is 0.726. The summed E-state index contributed by atoms with van der Waals surface area (Å²) in [5, 5.41) is 4.08. The Labute approximate surface area is 114 Å². The Morgan fingerprint density at radius 1 is 1.41 bits per heavy atom. The fourth-order valence-corrected chi connectivity index (χ4v) is 2.12. The maximum atomic E-state index is 6.01. The molecule has 1 aromatic carbocycles. The predicted octanol–water partition coefficient (Wildman–Crippen LogP) is 3.80. The number of nitrogens with zero attached hydrogens (tertiary/aromatic N) is 2. The smallest absolute Gasteiger partial charge is 0.0945 e. The molecule has 0 aliphatic heterocycles. The van der Waals surface area contributed by atoms with E-state index >= 15 is 0 Å². The van der Waals surface area contributed by atoms with Gasteiger partial charge < -0.3 is 9.88 Å². The van der Waals surface area contributed by atoms with Crippen molar-refractivity contribution in [3.8, 4) is 0 Å². The third kappa shape index (κ3) is 3.48. The van der Waals surface area contributed by atoms with Crippen molar-refractivity contribution in [1.29, 1.82) is 0 Å². The fourth-order valence-electron chi connectivity index (χ4n) is 1.54. The molecule has 17 heavy (non-hydrogen) atoms. The lowest BCUT2D eigenvalue weighted by Gasteiger charge is -2.09. The van der Waals surface area contributed by atoms with Crippen molar-refractivity contribution < 1.29 is 0 Å². The summed E-state index contributed by atoms with van der Waals surface area (Å²) in [6.07, 6.45) is 6.63. The Morgan fingerprint density at radius 2 is 2.29 bits per heavy atom. The van der Waals surface area contributed by atoms with Crippen LogP contribution >= 0.6 is 27.5 Å². The number of imidazole rings is 1. The highest BCUT2D eigenvalue weighted by atomic mass is 79.9. The summed E-state index contributed by atoms with van der Waals surface area (Å²) in [6.45, 7) is 1.86. The molecule has 0 aliphatic carbocycles. The number of aromatic nitrogens is 2. The summed E-state index contributed by atoms with van der Waals surface area (Å²) in [7, 11) is 0. The van der Waals surface area contributed by atoms with Crippen LogP contribution in [0.4, 0.5) is 5.69 Å². The normalized spacial score (nSPS) is 10.5. The molecule has 0 fully saturated rings. The molecular formula is C12H13BrClN3. The highest BCUT2D eigenvalue weighted by Gasteiger charge is 2.02. The first kappa shape index (κ1) is 12.5. The van der Waals surface area contributed by atoms with Gasteiger partial charge in [0.1, 0.15) is 0 Å². The van der Waals surface area contributed by atoms with Crippen LogP contribution in [-0.4, -0.2) is 16.1 Å². The van der Waals surface area contributed by atoms with Crippen molar-refractivity contribution in [1.82, 2.24) is 9.55 Å². The molecule has 0 aliphatic rings. The minimum absolute atomic E-state index is 0.726. The number of benzene rings is 1. The monoisotopic (exact) mass is 313 g/mol. The molecule has 5 heteroatoms. The molecular weight excluding hydrogens is 302 g/mol. The van der Waals surface area contributed by atoms with Gasteiger partial charge in [-0.2, -0.15) is 0 Å². The Morgan fingerprint density at radius 3 is 3.06 bits per heavy atom. The van der Waals surface area contributed by atoms with E-state index < -0.39 is 0 Å². The number of halogens is 2. The van der Waals surface area contributed by atoms with Gasteiger partial charge in [-0.25, -0.2) is 4.98 Å². The van der Waals surface area contributed by atoms with Crippen LogP contribution in [0.25, 0.3) is 0 Å². The van der Waals surface area contributed by atoms with Crippen LogP contribution in [0.15, 0.2) is 41.4 Å². The first-order valence-corrected chi connectivity index (χ1v) is 6.58. The number of anilines is 1. The molecule has 90 valence electrons. The molecule has 3 nitrogen and oxygen atoms in total. The molecule has 0 saturated heterocycles. The van der Waals surface area contributed by atoms with Crippen molar-refractivity contribution in [3.63, 3.8) is 0 Å². The maximum Gasteiger partial charge on any atom is 0.0945 e. The van der Waals surface area contributed by atoms with E-state index in [1.807, 2.05) is 30.7 Å². The zero-order chi connectivity index (χ0) is 12.1. The van der Waals surface area contributed by atoms with Gasteiger partial charge >= 0.3 is 0 Å². The van der Waals surface area contributed by atoms with Crippen LogP contribution in [0.2, 0.25) is 5.02 Å². The highest BCUT2D eigenvalue weighted by molar-refractivity contribution is 9.10. The second-order valence-corrected chi connectivity index (χ2v) is 4.88. The topological polar surface area (TPSA) is 29.9 Å². The van der Waals surface area contributed by atoms with Gasteiger partial charge in [-0.15, -0.1) is 0 Å². The summed E-state index contributed by atoms with van der Waals surface area (Å²) in [5.74, 6) is 0. The molecule has 0 spiro atoms. The second kappa shape index (κ2) is 6.07. The molecule has 2 aromatic rings. The van der Waals surface area contributed by atoms with E-state index in [1.54, 1.807) is 6.20 Å². The van der Waals surface area contributed by atoms with Crippen molar-refractivity contribution in [2.75, 3.05) is 11.9 Å². The predicted molar refractivity (Wildman–Crippen MR) is 74.5 cm³/mol. The Kier molecular flexibility index (Phi) is 4.45. The first-order chi connectivity index (χ1) is 8.27. The summed E-state index contributed by atoms with van der Waals surface area (Å²) >= 11 is 9.47. The molecule has 0 bridgehead atoms. The average Bonchev–Trinajstić information content (AvgIpc) is 2.83. The van der Waals surface area contributed by atoms with E-state index in [-0.39, 0.29) is 0 Å². The molecule has 0 amide bonds. The minimum Gasteiger partial charge on any atom is -0.384 e. The van der Waals surface area contributed by atoms with Gasteiger partial charge in [-0.3, -0.25) is 0 Å². The van der Waals surface area contributed by atoms with Crippen molar-refractivity contribution >= 4 is 33.2 Å². The lowest BCUT2D eigenvalue weighted by atomic mass is 10.3. The molecule has 0 atom stereocenters. The summed E-state index contributed by atoms with van der Waals surface area (Å²) in [4.78, 5) is 4.00. The zero-order valence-corrected chi connectivity index (χ0v) is 11.6. The van der Waals surface area contributed by atoms with Crippen molar-refractivity contribution in [2.24, 2.45) is 0 Å². The first-order valence-electron chi connectivity index (χ1n) is 5.41. The molecule has 2 rings (SSSR count). The van der Waals surface area contributed by atoms with Gasteiger partial charge in [-0.1, -0.05) is 17.7 Å². The second-order valence-electron chi connectivity index (χ2n) is 3.68. The fraction of sp³-hybridized carbons (Fsp3) is 0.250. The van der Waals surface area contributed by atoms with Crippen molar-refractivity contribution in [2.45, 2.75) is 13.0 Å². The van der Waals surface area contributed by atoms with Gasteiger partial charge in [0.25, 0.3) is 0 Å². The maximum absolute atomic E-state index is 6.01. The van der Waals surface area contributed by atoms with E-state index in [4.69, 9.17) is 11.6 Å². The van der Waals surface area contributed by atoms with Gasteiger partial charge in [0, 0.05) is 31.2 Å². The number of aryl methyl sites for hydroxylation is 1. The summed E-state index contributed by atoms with van der Waals surface area (Å²) < 4.78 is 2.98. The quantitative estimate of drug-likeness (QED) is 0.851. The van der Waals surface area contributed by atoms with Crippen LogP contribution in [0.5, 0.6) is 0 Å². The Bertz CT molecular complexity index is 471.